The third-order valence-electron chi connectivity index (χ3n) is 4.22. The topological polar surface area (TPSA) is 73.9 Å². The van der Waals surface area contributed by atoms with Gasteiger partial charge in [-0.3, -0.25) is 4.79 Å². The number of anilines is 1. The zero-order valence-electron chi connectivity index (χ0n) is 14.9. The van der Waals surface area contributed by atoms with Crippen molar-refractivity contribution < 1.29 is 23.8 Å². The van der Waals surface area contributed by atoms with Gasteiger partial charge in [0.15, 0.2) is 18.1 Å². The number of nitrogens with one attached hydrogen (secondary N) is 1. The second kappa shape index (κ2) is 7.84. The molecule has 1 amide bonds. The standard InChI is InChI=1S/C22H17NO5/c24-21(23-18-10-11-19-20(12-18)28-14-27-19)13-26-22(25)17-8-6-16(7-9-17)15-4-2-1-3-5-15/h1-12H,13-14H2,(H,23,24). The number of hydrogen-bond donors (Lipinski definition) is 1. The summed E-state index contributed by atoms with van der Waals surface area (Å²) >= 11 is 0. The normalized spacial score (nSPS) is 11.7. The van der Waals surface area contributed by atoms with Gasteiger partial charge < -0.3 is 19.5 Å². The summed E-state index contributed by atoms with van der Waals surface area (Å²) in [6.07, 6.45) is 0. The number of esters is 1. The van der Waals surface area contributed by atoms with Crippen molar-refractivity contribution in [3.05, 3.63) is 78.4 Å². The minimum Gasteiger partial charge on any atom is -0.454 e. The molecular weight excluding hydrogens is 358 g/mol. The highest BCUT2D eigenvalue weighted by atomic mass is 16.7. The lowest BCUT2D eigenvalue weighted by atomic mass is 10.0. The largest absolute Gasteiger partial charge is 0.454 e. The van der Waals surface area contributed by atoms with Gasteiger partial charge >= 0.3 is 5.97 Å². The highest BCUT2D eigenvalue weighted by Crippen LogP contribution is 2.34. The Morgan fingerprint density at radius 1 is 0.857 bits per heavy atom. The van der Waals surface area contributed by atoms with E-state index in [2.05, 4.69) is 5.32 Å². The Kier molecular flexibility index (Phi) is 4.93. The Balaban J connectivity index is 1.32. The number of carbonyl (C=O) groups excluding carboxylic acids is 2. The minimum atomic E-state index is -0.555. The Morgan fingerprint density at radius 2 is 1.57 bits per heavy atom. The average Bonchev–Trinajstić information content (AvgIpc) is 3.21. The fourth-order valence-corrected chi connectivity index (χ4v) is 2.82. The molecule has 1 N–H and O–H groups in total. The first kappa shape index (κ1) is 17.6. The van der Waals surface area contributed by atoms with Crippen molar-refractivity contribution in [3.8, 4) is 22.6 Å². The van der Waals surface area contributed by atoms with E-state index in [1.54, 1.807) is 30.3 Å². The Bertz CT molecular complexity index is 999. The van der Waals surface area contributed by atoms with E-state index >= 15 is 0 Å². The summed E-state index contributed by atoms with van der Waals surface area (Å²) in [5.41, 5.74) is 2.98. The summed E-state index contributed by atoms with van der Waals surface area (Å²) in [6, 6.07) is 22.0. The monoisotopic (exact) mass is 375 g/mol. The number of fused-ring (bicyclic) bond motifs is 1. The zero-order valence-corrected chi connectivity index (χ0v) is 14.9. The molecule has 6 nitrogen and oxygen atoms in total. The number of carbonyl (C=O) groups is 2. The summed E-state index contributed by atoms with van der Waals surface area (Å²) in [4.78, 5) is 24.2. The van der Waals surface area contributed by atoms with E-state index in [1.165, 1.54) is 0 Å². The third-order valence-corrected chi connectivity index (χ3v) is 4.22. The van der Waals surface area contributed by atoms with E-state index in [4.69, 9.17) is 14.2 Å². The van der Waals surface area contributed by atoms with Gasteiger partial charge in [-0.25, -0.2) is 4.79 Å². The molecule has 0 saturated carbocycles. The van der Waals surface area contributed by atoms with Crippen molar-refractivity contribution in [3.63, 3.8) is 0 Å². The molecule has 4 rings (SSSR count). The van der Waals surface area contributed by atoms with Crippen molar-refractivity contribution in [2.24, 2.45) is 0 Å². The summed E-state index contributed by atoms with van der Waals surface area (Å²) < 4.78 is 15.6. The lowest BCUT2D eigenvalue weighted by Crippen LogP contribution is -2.20. The molecule has 28 heavy (non-hydrogen) atoms. The molecule has 1 aliphatic heterocycles. The van der Waals surface area contributed by atoms with Crippen molar-refractivity contribution in [2.45, 2.75) is 0 Å². The number of amides is 1. The van der Waals surface area contributed by atoms with E-state index in [9.17, 15) is 9.59 Å². The summed E-state index contributed by atoms with van der Waals surface area (Å²) in [6.45, 7) is -0.221. The Hall–Kier alpha value is -3.80. The third kappa shape index (κ3) is 3.96. The first-order valence-corrected chi connectivity index (χ1v) is 8.71. The molecule has 140 valence electrons. The lowest BCUT2D eigenvalue weighted by Gasteiger charge is -2.08. The van der Waals surface area contributed by atoms with Crippen molar-refractivity contribution in [1.29, 1.82) is 0 Å². The van der Waals surface area contributed by atoms with Gasteiger partial charge in [-0.1, -0.05) is 42.5 Å². The van der Waals surface area contributed by atoms with Gasteiger partial charge in [0.2, 0.25) is 6.79 Å². The first-order chi connectivity index (χ1) is 13.7. The molecule has 3 aromatic rings. The molecule has 0 spiro atoms. The van der Waals surface area contributed by atoms with Crippen LogP contribution in [0, 0.1) is 0 Å². The fraction of sp³-hybridized carbons (Fsp3) is 0.0909. The molecule has 0 aromatic heterocycles. The maximum absolute atomic E-state index is 12.2. The smallest absolute Gasteiger partial charge is 0.338 e. The fourth-order valence-electron chi connectivity index (χ4n) is 2.82. The molecular formula is C22H17NO5. The van der Waals surface area contributed by atoms with E-state index in [0.717, 1.165) is 11.1 Å². The van der Waals surface area contributed by atoms with Crippen LogP contribution >= 0.6 is 0 Å². The van der Waals surface area contributed by atoms with Crippen LogP contribution < -0.4 is 14.8 Å². The van der Waals surface area contributed by atoms with Crippen LogP contribution in [0.1, 0.15) is 10.4 Å². The predicted molar refractivity (Wildman–Crippen MR) is 103 cm³/mol. The van der Waals surface area contributed by atoms with Gasteiger partial charge in [-0.2, -0.15) is 0 Å². The zero-order chi connectivity index (χ0) is 19.3. The van der Waals surface area contributed by atoms with Crippen LogP contribution in [-0.2, 0) is 9.53 Å². The summed E-state index contributed by atoms with van der Waals surface area (Å²) in [7, 11) is 0. The van der Waals surface area contributed by atoms with Crippen molar-refractivity contribution >= 4 is 17.6 Å². The van der Waals surface area contributed by atoms with Crippen LogP contribution in [0.25, 0.3) is 11.1 Å². The van der Waals surface area contributed by atoms with Crippen LogP contribution in [0.2, 0.25) is 0 Å². The second-order valence-electron chi connectivity index (χ2n) is 6.14. The average molecular weight is 375 g/mol. The molecule has 0 bridgehead atoms. The van der Waals surface area contributed by atoms with Gasteiger partial charge in [0, 0.05) is 11.8 Å². The van der Waals surface area contributed by atoms with Crippen LogP contribution in [0.3, 0.4) is 0 Å². The number of rotatable bonds is 5. The Labute approximate surface area is 161 Å². The molecule has 6 heteroatoms. The molecule has 0 atom stereocenters. The lowest BCUT2D eigenvalue weighted by molar-refractivity contribution is -0.119. The molecule has 0 saturated heterocycles. The van der Waals surface area contributed by atoms with E-state index < -0.39 is 11.9 Å². The molecule has 1 aliphatic rings. The SMILES string of the molecule is O=C(COC(=O)c1ccc(-c2ccccc2)cc1)Nc1ccc2c(c1)OCO2. The minimum absolute atomic E-state index is 0.160. The van der Waals surface area contributed by atoms with E-state index in [-0.39, 0.29) is 13.4 Å². The number of hydrogen-bond acceptors (Lipinski definition) is 5. The molecule has 3 aromatic carbocycles. The highest BCUT2D eigenvalue weighted by Gasteiger charge is 2.15. The molecule has 0 unspecified atom stereocenters. The van der Waals surface area contributed by atoms with Gasteiger partial charge in [0.05, 0.1) is 5.56 Å². The van der Waals surface area contributed by atoms with E-state index in [0.29, 0.717) is 22.7 Å². The highest BCUT2D eigenvalue weighted by molar-refractivity contribution is 5.95. The van der Waals surface area contributed by atoms with Gasteiger partial charge in [0.25, 0.3) is 5.91 Å². The van der Waals surface area contributed by atoms with Gasteiger partial charge in [0.1, 0.15) is 0 Å². The maximum Gasteiger partial charge on any atom is 0.338 e. The quantitative estimate of drug-likeness (QED) is 0.685. The molecule has 0 aliphatic carbocycles. The van der Waals surface area contributed by atoms with Crippen LogP contribution in [-0.4, -0.2) is 25.3 Å². The van der Waals surface area contributed by atoms with Gasteiger partial charge in [-0.05, 0) is 35.4 Å². The molecule has 1 heterocycles. The summed E-state index contributed by atoms with van der Waals surface area (Å²) in [5.74, 6) is 0.199. The van der Waals surface area contributed by atoms with Crippen molar-refractivity contribution in [2.75, 3.05) is 18.7 Å². The predicted octanol–water partition coefficient (Wildman–Crippen LogP) is 3.88. The maximum atomic E-state index is 12.2. The van der Waals surface area contributed by atoms with E-state index in [1.807, 2.05) is 42.5 Å². The van der Waals surface area contributed by atoms with Crippen LogP contribution in [0.5, 0.6) is 11.5 Å². The first-order valence-electron chi connectivity index (χ1n) is 8.71. The van der Waals surface area contributed by atoms with Crippen LogP contribution in [0.15, 0.2) is 72.8 Å². The van der Waals surface area contributed by atoms with Crippen molar-refractivity contribution in [1.82, 2.24) is 0 Å². The number of benzene rings is 3. The second-order valence-corrected chi connectivity index (χ2v) is 6.14. The molecule has 0 radical (unpaired) electrons. The van der Waals surface area contributed by atoms with Crippen LogP contribution in [0.4, 0.5) is 5.69 Å². The van der Waals surface area contributed by atoms with Gasteiger partial charge in [-0.15, -0.1) is 0 Å². The molecule has 0 fully saturated rings. The summed E-state index contributed by atoms with van der Waals surface area (Å²) in [5, 5.41) is 2.66. The number of ether oxygens (including phenoxy) is 3. The Morgan fingerprint density at radius 3 is 2.36 bits per heavy atom.